The third kappa shape index (κ3) is 3.95. The topological polar surface area (TPSA) is 41.1 Å². The van der Waals surface area contributed by atoms with E-state index in [1.54, 1.807) is 0 Å². The smallest absolute Gasteiger partial charge is 0.251 e. The second-order valence-corrected chi connectivity index (χ2v) is 4.96. The number of amides is 1. The molecule has 1 saturated heterocycles. The maximum atomic E-state index is 12.0. The first-order chi connectivity index (χ1) is 8.72. The number of hydrogen-bond acceptors (Lipinski definition) is 2. The van der Waals surface area contributed by atoms with Crippen molar-refractivity contribution in [1.82, 2.24) is 10.6 Å². The van der Waals surface area contributed by atoms with Crippen molar-refractivity contribution >= 4 is 18.3 Å². The summed E-state index contributed by atoms with van der Waals surface area (Å²) in [4.78, 5) is 12.0. The van der Waals surface area contributed by atoms with E-state index in [1.807, 2.05) is 13.8 Å². The lowest BCUT2D eigenvalue weighted by Crippen LogP contribution is -2.27. The van der Waals surface area contributed by atoms with Crippen LogP contribution in [0, 0.1) is 6.92 Å². The van der Waals surface area contributed by atoms with Crippen molar-refractivity contribution < 1.29 is 4.79 Å². The summed E-state index contributed by atoms with van der Waals surface area (Å²) in [5, 5.41) is 6.26. The van der Waals surface area contributed by atoms with Crippen LogP contribution >= 0.6 is 12.4 Å². The predicted octanol–water partition coefficient (Wildman–Crippen LogP) is 2.63. The fourth-order valence-corrected chi connectivity index (χ4v) is 2.55. The van der Waals surface area contributed by atoms with Gasteiger partial charge in [0.05, 0.1) is 0 Å². The summed E-state index contributed by atoms with van der Waals surface area (Å²) in [6.07, 6.45) is 2.33. The molecule has 1 aliphatic rings. The Morgan fingerprint density at radius 3 is 2.68 bits per heavy atom. The molecule has 1 fully saturated rings. The highest BCUT2D eigenvalue weighted by molar-refractivity contribution is 5.95. The van der Waals surface area contributed by atoms with Gasteiger partial charge in [0.15, 0.2) is 0 Å². The van der Waals surface area contributed by atoms with Crippen LogP contribution in [0.4, 0.5) is 0 Å². The zero-order valence-corrected chi connectivity index (χ0v) is 12.5. The number of hydrogen-bond donors (Lipinski definition) is 2. The van der Waals surface area contributed by atoms with Gasteiger partial charge in [-0.3, -0.25) is 4.79 Å². The Labute approximate surface area is 121 Å². The van der Waals surface area contributed by atoms with Crippen molar-refractivity contribution in [3.05, 3.63) is 34.9 Å². The van der Waals surface area contributed by atoms with E-state index < -0.39 is 0 Å². The first-order valence-corrected chi connectivity index (χ1v) is 6.82. The van der Waals surface area contributed by atoms with E-state index in [9.17, 15) is 4.79 Å². The minimum absolute atomic E-state index is 0. The number of piperidine rings is 1. The van der Waals surface area contributed by atoms with Crippen molar-refractivity contribution in [2.45, 2.75) is 32.6 Å². The van der Waals surface area contributed by atoms with E-state index in [0.29, 0.717) is 12.5 Å². The second-order valence-electron chi connectivity index (χ2n) is 4.96. The quantitative estimate of drug-likeness (QED) is 0.895. The number of nitrogens with one attached hydrogen (secondary N) is 2. The molecule has 2 rings (SSSR count). The highest BCUT2D eigenvalue weighted by Gasteiger charge is 2.17. The van der Waals surface area contributed by atoms with Gasteiger partial charge in [0.1, 0.15) is 0 Å². The molecule has 1 heterocycles. The summed E-state index contributed by atoms with van der Waals surface area (Å²) in [7, 11) is 0. The van der Waals surface area contributed by atoms with Crippen molar-refractivity contribution in [1.29, 1.82) is 0 Å². The maximum Gasteiger partial charge on any atom is 0.251 e. The van der Waals surface area contributed by atoms with Gasteiger partial charge in [-0.15, -0.1) is 12.4 Å². The molecule has 0 spiro atoms. The average Bonchev–Trinajstić information content (AvgIpc) is 2.40. The van der Waals surface area contributed by atoms with Crippen LogP contribution in [0.5, 0.6) is 0 Å². The average molecular weight is 283 g/mol. The van der Waals surface area contributed by atoms with Crippen LogP contribution in [-0.4, -0.2) is 25.5 Å². The predicted molar refractivity (Wildman–Crippen MR) is 81.3 cm³/mol. The third-order valence-electron chi connectivity index (χ3n) is 3.65. The number of rotatable bonds is 3. The van der Waals surface area contributed by atoms with E-state index >= 15 is 0 Å². The van der Waals surface area contributed by atoms with Gasteiger partial charge in [-0.25, -0.2) is 0 Å². The molecule has 2 N–H and O–H groups in total. The van der Waals surface area contributed by atoms with Gasteiger partial charge in [-0.2, -0.15) is 0 Å². The first-order valence-electron chi connectivity index (χ1n) is 6.82. The van der Waals surface area contributed by atoms with Crippen LogP contribution in [0.15, 0.2) is 18.2 Å². The standard InChI is InChI=1S/C15H22N2O.ClH/c1-3-17-15(18)14-10-13(5-4-11(14)2)12-6-8-16-9-7-12;/h4-5,10,12,16H,3,6-9H2,1-2H3,(H,17,18);1H. The molecule has 0 unspecified atom stereocenters. The summed E-state index contributed by atoms with van der Waals surface area (Å²) >= 11 is 0. The summed E-state index contributed by atoms with van der Waals surface area (Å²) < 4.78 is 0. The third-order valence-corrected chi connectivity index (χ3v) is 3.65. The summed E-state index contributed by atoms with van der Waals surface area (Å²) in [5.74, 6) is 0.644. The van der Waals surface area contributed by atoms with Crippen LogP contribution in [0.1, 0.15) is 47.2 Å². The van der Waals surface area contributed by atoms with Gasteiger partial charge in [0.2, 0.25) is 0 Å². The van der Waals surface area contributed by atoms with Crippen molar-refractivity contribution in [3.8, 4) is 0 Å². The lowest BCUT2D eigenvalue weighted by Gasteiger charge is -2.23. The monoisotopic (exact) mass is 282 g/mol. The molecule has 1 amide bonds. The Balaban J connectivity index is 0.00000180. The molecule has 1 aliphatic heterocycles. The summed E-state index contributed by atoms with van der Waals surface area (Å²) in [6.45, 7) is 6.78. The van der Waals surface area contributed by atoms with Gasteiger partial charge < -0.3 is 10.6 Å². The van der Waals surface area contributed by atoms with Crippen LogP contribution in [-0.2, 0) is 0 Å². The van der Waals surface area contributed by atoms with Crippen LogP contribution in [0.3, 0.4) is 0 Å². The molecular formula is C15H23ClN2O. The molecule has 4 heteroatoms. The fourth-order valence-electron chi connectivity index (χ4n) is 2.55. The van der Waals surface area contributed by atoms with E-state index in [0.717, 1.165) is 37.1 Å². The molecule has 1 aromatic rings. The molecule has 0 aromatic heterocycles. The lowest BCUT2D eigenvalue weighted by atomic mass is 9.88. The van der Waals surface area contributed by atoms with Gasteiger partial charge in [0, 0.05) is 12.1 Å². The maximum absolute atomic E-state index is 12.0. The van der Waals surface area contributed by atoms with Gasteiger partial charge in [-0.1, -0.05) is 12.1 Å². The highest BCUT2D eigenvalue weighted by atomic mass is 35.5. The molecule has 106 valence electrons. The van der Waals surface area contributed by atoms with E-state index in [4.69, 9.17) is 0 Å². The molecule has 1 aromatic carbocycles. The molecule has 0 radical (unpaired) electrons. The van der Waals surface area contributed by atoms with Gasteiger partial charge in [0.25, 0.3) is 5.91 Å². The highest BCUT2D eigenvalue weighted by Crippen LogP contribution is 2.26. The molecular weight excluding hydrogens is 260 g/mol. The Bertz CT molecular complexity index is 428. The molecule has 0 saturated carbocycles. The molecule has 19 heavy (non-hydrogen) atoms. The zero-order valence-electron chi connectivity index (χ0n) is 11.7. The lowest BCUT2D eigenvalue weighted by molar-refractivity contribution is 0.0955. The van der Waals surface area contributed by atoms with Gasteiger partial charge >= 0.3 is 0 Å². The van der Waals surface area contributed by atoms with Crippen molar-refractivity contribution in [2.75, 3.05) is 19.6 Å². The van der Waals surface area contributed by atoms with E-state index in [-0.39, 0.29) is 18.3 Å². The fraction of sp³-hybridized carbons (Fsp3) is 0.533. The Morgan fingerprint density at radius 1 is 1.37 bits per heavy atom. The first kappa shape index (κ1) is 16.0. The van der Waals surface area contributed by atoms with Crippen LogP contribution in [0.2, 0.25) is 0 Å². The summed E-state index contributed by atoms with van der Waals surface area (Å²) in [6, 6.07) is 6.33. The van der Waals surface area contributed by atoms with Crippen LogP contribution in [0.25, 0.3) is 0 Å². The summed E-state index contributed by atoms with van der Waals surface area (Å²) in [5.41, 5.74) is 3.19. The number of carbonyl (C=O) groups is 1. The Morgan fingerprint density at radius 2 is 2.05 bits per heavy atom. The second kappa shape index (κ2) is 7.51. The molecule has 0 aliphatic carbocycles. The van der Waals surface area contributed by atoms with Crippen molar-refractivity contribution in [3.63, 3.8) is 0 Å². The van der Waals surface area contributed by atoms with Crippen molar-refractivity contribution in [2.24, 2.45) is 0 Å². The minimum atomic E-state index is 0. The number of carbonyl (C=O) groups excluding carboxylic acids is 1. The molecule has 0 bridgehead atoms. The number of benzene rings is 1. The van der Waals surface area contributed by atoms with E-state index in [1.165, 1.54) is 5.56 Å². The largest absolute Gasteiger partial charge is 0.352 e. The SMILES string of the molecule is CCNC(=O)c1cc(C2CCNCC2)ccc1C.Cl. The number of halogens is 1. The minimum Gasteiger partial charge on any atom is -0.352 e. The van der Waals surface area contributed by atoms with Gasteiger partial charge in [-0.05, 0) is 62.9 Å². The number of aryl methyl sites for hydroxylation is 1. The Hall–Kier alpha value is -1.06. The Kier molecular flexibility index (Phi) is 6.32. The molecule has 3 nitrogen and oxygen atoms in total. The van der Waals surface area contributed by atoms with E-state index in [2.05, 4.69) is 28.8 Å². The normalized spacial score (nSPS) is 15.7. The molecule has 0 atom stereocenters. The zero-order chi connectivity index (χ0) is 13.0. The van der Waals surface area contributed by atoms with Crippen LogP contribution < -0.4 is 10.6 Å².